The van der Waals surface area contributed by atoms with Gasteiger partial charge in [-0.1, -0.05) is 0 Å². The number of aliphatic hydroxyl groups is 1. The Morgan fingerprint density at radius 3 is 2.68 bits per heavy atom. The summed E-state index contributed by atoms with van der Waals surface area (Å²) in [7, 11) is 0. The third-order valence-corrected chi connectivity index (χ3v) is 3.25. The molecule has 0 bridgehead atoms. The van der Waals surface area contributed by atoms with Crippen LogP contribution >= 0.6 is 0 Å². The molecule has 0 aliphatic heterocycles. The summed E-state index contributed by atoms with van der Waals surface area (Å²) in [6.07, 6.45) is 2.80. The third kappa shape index (κ3) is 3.62. The van der Waals surface area contributed by atoms with E-state index in [0.29, 0.717) is 11.4 Å². The van der Waals surface area contributed by atoms with Gasteiger partial charge in [-0.3, -0.25) is 10.2 Å². The van der Waals surface area contributed by atoms with E-state index in [2.05, 4.69) is 20.7 Å². The van der Waals surface area contributed by atoms with Gasteiger partial charge in [0.1, 0.15) is 5.69 Å². The number of carbonyl (C=O) groups is 1. The first-order valence-electron chi connectivity index (χ1n) is 6.39. The number of aromatic nitrogens is 2. The molecule has 0 atom stereocenters. The van der Waals surface area contributed by atoms with Crippen molar-refractivity contribution in [2.24, 2.45) is 5.84 Å². The Morgan fingerprint density at radius 1 is 1.37 bits per heavy atom. The molecule has 1 aromatic heterocycles. The fourth-order valence-electron chi connectivity index (χ4n) is 2.23. The van der Waals surface area contributed by atoms with Crippen molar-refractivity contribution in [3.8, 4) is 0 Å². The number of aryl methyl sites for hydroxylation is 1. The molecule has 2 rings (SSSR count). The molecule has 0 saturated heterocycles. The van der Waals surface area contributed by atoms with E-state index in [-0.39, 0.29) is 24.0 Å². The number of nitrogens with two attached hydrogens (primary N) is 1. The van der Waals surface area contributed by atoms with Crippen molar-refractivity contribution in [1.82, 2.24) is 15.3 Å². The summed E-state index contributed by atoms with van der Waals surface area (Å²) in [5, 5.41) is 12.4. The number of aliphatic hydroxyl groups excluding tert-OH is 1. The average molecular weight is 265 g/mol. The highest BCUT2D eigenvalue weighted by atomic mass is 16.3. The standard InChI is InChI=1S/C12H19N5O2/c1-7-6-10(16-12(14-7)17-13)11(19)15-8-2-4-9(18)5-3-8/h6,8-9,18H,2-5,13H2,1H3,(H,15,19)(H,14,16,17). The fraction of sp³-hybridized carbons (Fsp3) is 0.583. The van der Waals surface area contributed by atoms with Crippen LogP contribution in [0.2, 0.25) is 0 Å². The molecule has 0 aromatic carbocycles. The Balaban J connectivity index is 2.01. The van der Waals surface area contributed by atoms with E-state index < -0.39 is 0 Å². The summed E-state index contributed by atoms with van der Waals surface area (Å²) in [6.45, 7) is 1.77. The molecule has 1 heterocycles. The molecule has 1 aromatic rings. The number of anilines is 1. The first-order valence-corrected chi connectivity index (χ1v) is 6.39. The van der Waals surface area contributed by atoms with Crippen LogP contribution in [0, 0.1) is 6.92 Å². The van der Waals surface area contributed by atoms with E-state index in [4.69, 9.17) is 5.84 Å². The van der Waals surface area contributed by atoms with Gasteiger partial charge in [-0.05, 0) is 38.7 Å². The third-order valence-electron chi connectivity index (χ3n) is 3.25. The second-order valence-corrected chi connectivity index (χ2v) is 4.84. The van der Waals surface area contributed by atoms with E-state index in [1.807, 2.05) is 0 Å². The van der Waals surface area contributed by atoms with Crippen LogP contribution in [0.5, 0.6) is 0 Å². The number of hydrogen-bond acceptors (Lipinski definition) is 6. The maximum absolute atomic E-state index is 12.1. The van der Waals surface area contributed by atoms with Gasteiger partial charge in [0.25, 0.3) is 5.91 Å². The predicted octanol–water partition coefficient (Wildman–Crippen LogP) is 0.104. The summed E-state index contributed by atoms with van der Waals surface area (Å²) in [6, 6.07) is 1.72. The Bertz CT molecular complexity index is 457. The van der Waals surface area contributed by atoms with Crippen molar-refractivity contribution in [3.63, 3.8) is 0 Å². The molecule has 7 nitrogen and oxygen atoms in total. The van der Waals surface area contributed by atoms with Gasteiger partial charge in [-0.15, -0.1) is 0 Å². The van der Waals surface area contributed by atoms with Gasteiger partial charge < -0.3 is 10.4 Å². The highest BCUT2D eigenvalue weighted by Gasteiger charge is 2.22. The normalized spacial score (nSPS) is 22.9. The minimum Gasteiger partial charge on any atom is -0.393 e. The highest BCUT2D eigenvalue weighted by molar-refractivity contribution is 5.92. The van der Waals surface area contributed by atoms with Crippen molar-refractivity contribution >= 4 is 11.9 Å². The Kier molecular flexibility index (Phi) is 4.28. The Morgan fingerprint density at radius 2 is 2.05 bits per heavy atom. The van der Waals surface area contributed by atoms with Crippen LogP contribution in [0.25, 0.3) is 0 Å². The molecule has 19 heavy (non-hydrogen) atoms. The van der Waals surface area contributed by atoms with Crippen LogP contribution in [0.4, 0.5) is 5.95 Å². The van der Waals surface area contributed by atoms with Crippen molar-refractivity contribution in [1.29, 1.82) is 0 Å². The first-order chi connectivity index (χ1) is 9.08. The predicted molar refractivity (Wildman–Crippen MR) is 70.3 cm³/mol. The molecule has 104 valence electrons. The Labute approximate surface area is 111 Å². The summed E-state index contributed by atoms with van der Waals surface area (Å²) in [4.78, 5) is 20.1. The summed E-state index contributed by atoms with van der Waals surface area (Å²) in [5.74, 6) is 5.25. The minimum absolute atomic E-state index is 0.0976. The van der Waals surface area contributed by atoms with Gasteiger partial charge in [0.2, 0.25) is 5.95 Å². The number of hydrogen-bond donors (Lipinski definition) is 4. The van der Waals surface area contributed by atoms with Crippen LogP contribution in [0.1, 0.15) is 41.9 Å². The van der Waals surface area contributed by atoms with Gasteiger partial charge in [0, 0.05) is 11.7 Å². The minimum atomic E-state index is -0.234. The lowest BCUT2D eigenvalue weighted by molar-refractivity contribution is 0.0863. The van der Waals surface area contributed by atoms with Crippen LogP contribution in [0.15, 0.2) is 6.07 Å². The zero-order valence-corrected chi connectivity index (χ0v) is 10.9. The molecule has 1 fully saturated rings. The molecular weight excluding hydrogens is 246 g/mol. The number of nitrogen functional groups attached to an aromatic ring is 1. The van der Waals surface area contributed by atoms with Crippen molar-refractivity contribution in [3.05, 3.63) is 17.5 Å². The van der Waals surface area contributed by atoms with Gasteiger partial charge in [-0.25, -0.2) is 15.8 Å². The average Bonchev–Trinajstić information content (AvgIpc) is 2.40. The van der Waals surface area contributed by atoms with Gasteiger partial charge in [0.05, 0.1) is 6.10 Å². The summed E-state index contributed by atoms with van der Waals surface area (Å²) in [5.41, 5.74) is 3.31. The van der Waals surface area contributed by atoms with E-state index in [1.54, 1.807) is 13.0 Å². The highest BCUT2D eigenvalue weighted by Crippen LogP contribution is 2.18. The van der Waals surface area contributed by atoms with Gasteiger partial charge in [0.15, 0.2) is 0 Å². The number of nitrogens with one attached hydrogen (secondary N) is 2. The van der Waals surface area contributed by atoms with Gasteiger partial charge >= 0.3 is 0 Å². The number of amides is 1. The molecular formula is C12H19N5O2. The van der Waals surface area contributed by atoms with Crippen molar-refractivity contribution in [2.75, 3.05) is 5.43 Å². The summed E-state index contributed by atoms with van der Waals surface area (Å²) >= 11 is 0. The molecule has 7 heteroatoms. The van der Waals surface area contributed by atoms with Crippen molar-refractivity contribution in [2.45, 2.75) is 44.8 Å². The van der Waals surface area contributed by atoms with E-state index in [9.17, 15) is 9.90 Å². The van der Waals surface area contributed by atoms with Gasteiger partial charge in [-0.2, -0.15) is 0 Å². The zero-order valence-electron chi connectivity index (χ0n) is 10.9. The number of hydrazine groups is 1. The lowest BCUT2D eigenvalue weighted by atomic mass is 9.93. The largest absolute Gasteiger partial charge is 0.393 e. The molecule has 1 saturated carbocycles. The van der Waals surface area contributed by atoms with Crippen LogP contribution in [-0.4, -0.2) is 33.1 Å². The van der Waals surface area contributed by atoms with Crippen LogP contribution < -0.4 is 16.6 Å². The smallest absolute Gasteiger partial charge is 0.270 e. The topological polar surface area (TPSA) is 113 Å². The number of carbonyl (C=O) groups excluding carboxylic acids is 1. The molecule has 5 N–H and O–H groups in total. The maximum Gasteiger partial charge on any atom is 0.270 e. The molecule has 0 unspecified atom stereocenters. The van der Waals surface area contributed by atoms with Crippen LogP contribution in [0.3, 0.4) is 0 Å². The fourth-order valence-corrected chi connectivity index (χ4v) is 2.23. The monoisotopic (exact) mass is 265 g/mol. The Hall–Kier alpha value is -1.73. The molecule has 1 aliphatic rings. The molecule has 0 spiro atoms. The lowest BCUT2D eigenvalue weighted by Crippen LogP contribution is -2.39. The SMILES string of the molecule is Cc1cc(C(=O)NC2CCC(O)CC2)nc(NN)n1. The van der Waals surface area contributed by atoms with E-state index >= 15 is 0 Å². The molecule has 1 aliphatic carbocycles. The van der Waals surface area contributed by atoms with Crippen LogP contribution in [-0.2, 0) is 0 Å². The molecule has 0 radical (unpaired) electrons. The second kappa shape index (κ2) is 5.94. The van der Waals surface area contributed by atoms with E-state index in [1.165, 1.54) is 0 Å². The second-order valence-electron chi connectivity index (χ2n) is 4.84. The molecule has 1 amide bonds. The van der Waals surface area contributed by atoms with Crippen molar-refractivity contribution < 1.29 is 9.90 Å². The lowest BCUT2D eigenvalue weighted by Gasteiger charge is -2.26. The van der Waals surface area contributed by atoms with E-state index in [0.717, 1.165) is 25.7 Å². The summed E-state index contributed by atoms with van der Waals surface area (Å²) < 4.78 is 0. The maximum atomic E-state index is 12.1. The number of nitrogens with zero attached hydrogens (tertiary/aromatic N) is 2. The quantitative estimate of drug-likeness (QED) is 0.455. The number of rotatable bonds is 3. The zero-order chi connectivity index (χ0) is 13.8. The first kappa shape index (κ1) is 13.7.